The van der Waals surface area contributed by atoms with E-state index in [4.69, 9.17) is 21.4 Å². The Hall–Kier alpha value is -2.55. The summed E-state index contributed by atoms with van der Waals surface area (Å²) in [7, 11) is 0. The van der Waals surface area contributed by atoms with Crippen LogP contribution < -0.4 is 4.90 Å². The van der Waals surface area contributed by atoms with Crippen molar-refractivity contribution in [1.82, 2.24) is 24.6 Å². The van der Waals surface area contributed by atoms with Crippen molar-refractivity contribution in [3.8, 4) is 5.69 Å². The van der Waals surface area contributed by atoms with Gasteiger partial charge in [-0.2, -0.15) is 4.39 Å². The van der Waals surface area contributed by atoms with E-state index >= 15 is 0 Å². The van der Waals surface area contributed by atoms with Gasteiger partial charge in [0.2, 0.25) is 5.95 Å². The first-order chi connectivity index (χ1) is 16.6. The number of benzene rings is 1. The molecule has 5 heterocycles. The lowest BCUT2D eigenvalue weighted by Crippen LogP contribution is -2.62. The summed E-state index contributed by atoms with van der Waals surface area (Å²) in [6, 6.07) is 11.5. The van der Waals surface area contributed by atoms with E-state index in [9.17, 15) is 4.39 Å². The molecule has 0 N–H and O–H groups in total. The van der Waals surface area contributed by atoms with E-state index in [1.54, 1.807) is 6.07 Å². The van der Waals surface area contributed by atoms with Crippen molar-refractivity contribution in [2.75, 3.05) is 31.2 Å². The molecule has 0 unspecified atom stereocenters. The first-order valence-electron chi connectivity index (χ1n) is 12.0. The van der Waals surface area contributed by atoms with Crippen LogP contribution in [0.15, 0.2) is 36.4 Å². The number of halogens is 2. The van der Waals surface area contributed by atoms with Crippen LogP contribution in [0, 0.1) is 11.4 Å². The van der Waals surface area contributed by atoms with E-state index in [1.807, 2.05) is 12.1 Å². The number of pyridine rings is 1. The van der Waals surface area contributed by atoms with Crippen molar-refractivity contribution >= 4 is 17.4 Å². The van der Waals surface area contributed by atoms with Gasteiger partial charge in [0.1, 0.15) is 11.6 Å². The maximum Gasteiger partial charge on any atom is 0.214 e. The Morgan fingerprint density at radius 3 is 2.76 bits per heavy atom. The van der Waals surface area contributed by atoms with Crippen LogP contribution in [-0.4, -0.2) is 57.0 Å². The van der Waals surface area contributed by atoms with Gasteiger partial charge in [0.25, 0.3) is 0 Å². The number of nitrogens with zero attached hydrogens (tertiary/aromatic N) is 6. The summed E-state index contributed by atoms with van der Waals surface area (Å²) in [5.41, 5.74) is 2.62. The summed E-state index contributed by atoms with van der Waals surface area (Å²) in [4.78, 5) is 8.66. The molecule has 3 aliphatic heterocycles. The molecule has 2 saturated heterocycles. The molecule has 7 nitrogen and oxygen atoms in total. The number of aromatic nitrogens is 4. The third-order valence-electron chi connectivity index (χ3n) is 7.98. The average Bonchev–Trinajstić information content (AvgIpc) is 3.40. The quantitative estimate of drug-likeness (QED) is 0.529. The highest BCUT2D eigenvalue weighted by Crippen LogP contribution is 2.56. The van der Waals surface area contributed by atoms with Crippen LogP contribution in [0.25, 0.3) is 5.69 Å². The van der Waals surface area contributed by atoms with E-state index < -0.39 is 5.95 Å². The van der Waals surface area contributed by atoms with Crippen LogP contribution in [0.4, 0.5) is 10.2 Å². The molecule has 9 heteroatoms. The van der Waals surface area contributed by atoms with Crippen LogP contribution in [0.2, 0.25) is 5.02 Å². The summed E-state index contributed by atoms with van der Waals surface area (Å²) in [5.74, 6) is 2.72. The summed E-state index contributed by atoms with van der Waals surface area (Å²) in [6.07, 6.45) is 3.18. The summed E-state index contributed by atoms with van der Waals surface area (Å²) < 4.78 is 21.5. The zero-order valence-corrected chi connectivity index (χ0v) is 19.6. The van der Waals surface area contributed by atoms with Gasteiger partial charge in [0, 0.05) is 48.6 Å². The van der Waals surface area contributed by atoms with Crippen molar-refractivity contribution < 1.29 is 9.13 Å². The predicted molar refractivity (Wildman–Crippen MR) is 126 cm³/mol. The number of anilines is 1. The van der Waals surface area contributed by atoms with E-state index in [2.05, 4.69) is 36.6 Å². The molecule has 0 radical (unpaired) electrons. The second-order valence-electron chi connectivity index (χ2n) is 10.3. The smallest absolute Gasteiger partial charge is 0.214 e. The van der Waals surface area contributed by atoms with Gasteiger partial charge in [-0.3, -0.25) is 9.47 Å². The first kappa shape index (κ1) is 20.8. The van der Waals surface area contributed by atoms with Crippen molar-refractivity contribution in [2.45, 2.75) is 44.3 Å². The Labute approximate surface area is 202 Å². The number of hydrogen-bond donors (Lipinski definition) is 0. The average molecular weight is 481 g/mol. The summed E-state index contributed by atoms with van der Waals surface area (Å²) in [6.45, 7) is 5.00. The van der Waals surface area contributed by atoms with E-state index in [0.717, 1.165) is 86.8 Å². The highest BCUT2D eigenvalue weighted by atomic mass is 35.5. The van der Waals surface area contributed by atoms with Gasteiger partial charge in [0.15, 0.2) is 5.82 Å². The third kappa shape index (κ3) is 3.34. The van der Waals surface area contributed by atoms with Gasteiger partial charge in [0.05, 0.1) is 18.8 Å². The highest BCUT2D eigenvalue weighted by molar-refractivity contribution is 6.30. The van der Waals surface area contributed by atoms with Gasteiger partial charge in [-0.15, -0.1) is 10.2 Å². The van der Waals surface area contributed by atoms with E-state index in [0.29, 0.717) is 12.0 Å². The van der Waals surface area contributed by atoms with Crippen molar-refractivity contribution in [2.24, 2.45) is 5.41 Å². The zero-order valence-electron chi connectivity index (χ0n) is 18.8. The van der Waals surface area contributed by atoms with E-state index in [-0.39, 0.29) is 5.41 Å². The maximum atomic E-state index is 13.5. The van der Waals surface area contributed by atoms with Crippen LogP contribution in [0.1, 0.15) is 42.4 Å². The molecule has 1 spiro atoms. The standard InChI is InChI=1S/C25H26ClFN6O/c26-18-4-5-20-16(8-18)11-31(19-6-7-34-13-19)12-23-29-30-24(33(20)23)17-9-25(10-17)14-32(15-25)22-3-1-2-21(27)28-22/h1-5,8,17,19H,6-7,9-15H2/t19-/m0/s1. The molecule has 7 rings (SSSR count). The molecule has 4 aliphatic rings. The molecule has 2 aromatic heterocycles. The lowest BCUT2D eigenvalue weighted by atomic mass is 9.57. The molecule has 176 valence electrons. The minimum absolute atomic E-state index is 0.270. The summed E-state index contributed by atoms with van der Waals surface area (Å²) >= 11 is 6.40. The predicted octanol–water partition coefficient (Wildman–Crippen LogP) is 3.94. The number of hydrogen-bond acceptors (Lipinski definition) is 6. The van der Waals surface area contributed by atoms with Crippen LogP contribution in [0.3, 0.4) is 0 Å². The fraction of sp³-hybridized carbons (Fsp3) is 0.480. The second kappa shape index (κ2) is 7.73. The monoisotopic (exact) mass is 480 g/mol. The molecule has 1 aliphatic carbocycles. The molecule has 1 atom stereocenters. The second-order valence-corrected chi connectivity index (χ2v) is 10.7. The van der Waals surface area contributed by atoms with Crippen LogP contribution in [0.5, 0.6) is 0 Å². The number of ether oxygens (including phenoxy) is 1. The minimum Gasteiger partial charge on any atom is -0.380 e. The molecule has 1 aromatic carbocycles. The lowest BCUT2D eigenvalue weighted by molar-refractivity contribution is 0.0580. The van der Waals surface area contributed by atoms with Gasteiger partial charge in [-0.25, -0.2) is 4.98 Å². The SMILES string of the molecule is Fc1cccc(N2CC3(CC(c4nnc5n4-c4ccc(Cl)cc4CN([C@H]4CCOC4)C5)C3)C2)n1. The Morgan fingerprint density at radius 1 is 1.09 bits per heavy atom. The Bertz CT molecular complexity index is 1240. The molecule has 0 amide bonds. The zero-order chi connectivity index (χ0) is 22.9. The van der Waals surface area contributed by atoms with Gasteiger partial charge in [-0.1, -0.05) is 17.7 Å². The van der Waals surface area contributed by atoms with Gasteiger partial charge < -0.3 is 9.64 Å². The molecule has 0 bridgehead atoms. The largest absolute Gasteiger partial charge is 0.380 e. The Balaban J connectivity index is 1.14. The van der Waals surface area contributed by atoms with Gasteiger partial charge >= 0.3 is 0 Å². The molecule has 3 aromatic rings. The molecule has 34 heavy (non-hydrogen) atoms. The third-order valence-corrected chi connectivity index (χ3v) is 8.21. The number of rotatable bonds is 3. The van der Waals surface area contributed by atoms with Crippen molar-refractivity contribution in [1.29, 1.82) is 0 Å². The topological polar surface area (TPSA) is 59.3 Å². The van der Waals surface area contributed by atoms with Crippen molar-refractivity contribution in [3.63, 3.8) is 0 Å². The molecule has 1 saturated carbocycles. The fourth-order valence-corrected chi connectivity index (χ4v) is 6.50. The first-order valence-corrected chi connectivity index (χ1v) is 12.4. The maximum absolute atomic E-state index is 13.5. The number of fused-ring (bicyclic) bond motifs is 3. The molecule has 3 fully saturated rings. The van der Waals surface area contributed by atoms with Crippen LogP contribution >= 0.6 is 11.6 Å². The molecular formula is C25H26ClFN6O. The minimum atomic E-state index is -0.423. The van der Waals surface area contributed by atoms with Gasteiger partial charge in [-0.05, 0) is 55.2 Å². The lowest BCUT2D eigenvalue weighted by Gasteiger charge is -2.59. The highest BCUT2D eigenvalue weighted by Gasteiger charge is 2.54. The Morgan fingerprint density at radius 2 is 1.97 bits per heavy atom. The van der Waals surface area contributed by atoms with Crippen molar-refractivity contribution in [3.05, 3.63) is 64.6 Å². The normalized spacial score (nSPS) is 23.8. The molecular weight excluding hydrogens is 455 g/mol. The summed E-state index contributed by atoms with van der Waals surface area (Å²) in [5, 5.41) is 10.1. The fourth-order valence-electron chi connectivity index (χ4n) is 6.31. The Kier molecular flexibility index (Phi) is 4.73. The van der Waals surface area contributed by atoms with E-state index in [1.165, 1.54) is 11.6 Å². The van der Waals surface area contributed by atoms with Crippen LogP contribution in [-0.2, 0) is 17.8 Å².